The van der Waals surface area contributed by atoms with Crippen LogP contribution in [0.1, 0.15) is 62.4 Å². The first kappa shape index (κ1) is 22.4. The molecule has 2 unspecified atom stereocenters. The molecule has 32 heavy (non-hydrogen) atoms. The third kappa shape index (κ3) is 4.83. The molecule has 3 aromatic carbocycles. The number of anilines is 1. The largest absolute Gasteiger partial charge is 0.370 e. The van der Waals surface area contributed by atoms with Crippen molar-refractivity contribution in [2.24, 2.45) is 0 Å². The van der Waals surface area contributed by atoms with E-state index in [1.165, 1.54) is 5.56 Å². The Morgan fingerprint density at radius 3 is 2.28 bits per heavy atom. The molecular weight excluding hydrogens is 416 g/mol. The lowest BCUT2D eigenvalue weighted by atomic mass is 9.86. The molecule has 1 saturated heterocycles. The van der Waals surface area contributed by atoms with Gasteiger partial charge in [0.05, 0.1) is 6.04 Å². The second-order valence-corrected chi connectivity index (χ2v) is 9.93. The number of halogens is 1. The molecule has 1 amide bonds. The standard InChI is InChI=1S/C28H31ClN2O/c1-28(2,3)21-17-15-20(16-18-21)26(30-22-10-5-4-6-11-22)27(32)31-19-9-14-25(31)23-12-7-8-13-24(23)29/h4-8,10-13,15-18,25-26,30H,9,14,19H2,1-3H3. The Morgan fingerprint density at radius 2 is 1.62 bits per heavy atom. The molecular formula is C28H31ClN2O. The van der Waals surface area contributed by atoms with Crippen molar-refractivity contribution < 1.29 is 4.79 Å². The van der Waals surface area contributed by atoms with Crippen molar-refractivity contribution in [1.82, 2.24) is 4.90 Å². The number of hydrogen-bond donors (Lipinski definition) is 1. The van der Waals surface area contributed by atoms with E-state index in [1.807, 2.05) is 59.5 Å². The summed E-state index contributed by atoms with van der Waals surface area (Å²) in [6.07, 6.45) is 1.90. The summed E-state index contributed by atoms with van der Waals surface area (Å²) in [5.41, 5.74) is 4.24. The minimum absolute atomic E-state index is 0.00474. The average molecular weight is 447 g/mol. The van der Waals surface area contributed by atoms with Crippen LogP contribution in [0.5, 0.6) is 0 Å². The Bertz CT molecular complexity index is 1060. The summed E-state index contributed by atoms with van der Waals surface area (Å²) in [6.45, 7) is 7.34. The van der Waals surface area contributed by atoms with Crippen molar-refractivity contribution in [3.05, 3.63) is 101 Å². The first-order chi connectivity index (χ1) is 15.3. The Kier molecular flexibility index (Phi) is 6.57. The predicted octanol–water partition coefficient (Wildman–Crippen LogP) is 7.15. The highest BCUT2D eigenvalue weighted by Crippen LogP contribution is 2.38. The van der Waals surface area contributed by atoms with Crippen LogP contribution in [0.4, 0.5) is 5.69 Å². The summed E-state index contributed by atoms with van der Waals surface area (Å²) in [5.74, 6) is 0.0831. The Morgan fingerprint density at radius 1 is 0.969 bits per heavy atom. The minimum Gasteiger partial charge on any atom is -0.370 e. The number of nitrogens with zero attached hydrogens (tertiary/aromatic N) is 1. The predicted molar refractivity (Wildman–Crippen MR) is 133 cm³/mol. The van der Waals surface area contributed by atoms with Gasteiger partial charge in [-0.2, -0.15) is 0 Å². The van der Waals surface area contributed by atoms with Crippen LogP contribution in [-0.2, 0) is 10.2 Å². The van der Waals surface area contributed by atoms with E-state index in [-0.39, 0.29) is 17.4 Å². The maximum absolute atomic E-state index is 13.9. The van der Waals surface area contributed by atoms with Gasteiger partial charge < -0.3 is 10.2 Å². The second-order valence-electron chi connectivity index (χ2n) is 9.53. The number of rotatable bonds is 5. The van der Waals surface area contributed by atoms with Crippen molar-refractivity contribution in [2.75, 3.05) is 11.9 Å². The molecule has 1 aliphatic heterocycles. The van der Waals surface area contributed by atoms with Gasteiger partial charge in [-0.15, -0.1) is 0 Å². The van der Waals surface area contributed by atoms with Gasteiger partial charge in [0.2, 0.25) is 5.91 Å². The molecule has 1 aliphatic rings. The fourth-order valence-corrected chi connectivity index (χ4v) is 4.69. The zero-order valence-electron chi connectivity index (χ0n) is 19.0. The van der Waals surface area contributed by atoms with Crippen LogP contribution in [0.2, 0.25) is 5.02 Å². The molecule has 0 saturated carbocycles. The molecule has 3 nitrogen and oxygen atoms in total. The van der Waals surface area contributed by atoms with E-state index < -0.39 is 6.04 Å². The van der Waals surface area contributed by atoms with Crippen molar-refractivity contribution in [3.8, 4) is 0 Å². The molecule has 0 radical (unpaired) electrons. The highest BCUT2D eigenvalue weighted by Gasteiger charge is 2.35. The topological polar surface area (TPSA) is 32.3 Å². The number of carbonyl (C=O) groups is 1. The smallest absolute Gasteiger partial charge is 0.250 e. The number of hydrogen-bond acceptors (Lipinski definition) is 2. The van der Waals surface area contributed by atoms with Crippen molar-refractivity contribution in [1.29, 1.82) is 0 Å². The van der Waals surface area contributed by atoms with Gasteiger partial charge in [-0.25, -0.2) is 0 Å². The van der Waals surface area contributed by atoms with E-state index in [4.69, 9.17) is 11.6 Å². The van der Waals surface area contributed by atoms with E-state index >= 15 is 0 Å². The first-order valence-electron chi connectivity index (χ1n) is 11.3. The lowest BCUT2D eigenvalue weighted by Crippen LogP contribution is -2.37. The highest BCUT2D eigenvalue weighted by molar-refractivity contribution is 6.31. The Balaban J connectivity index is 1.67. The molecule has 4 heteroatoms. The number of nitrogens with one attached hydrogen (secondary N) is 1. The van der Waals surface area contributed by atoms with E-state index in [1.54, 1.807) is 0 Å². The summed E-state index contributed by atoms with van der Waals surface area (Å²) in [4.78, 5) is 15.9. The van der Waals surface area contributed by atoms with E-state index in [0.717, 1.165) is 41.2 Å². The lowest BCUT2D eigenvalue weighted by molar-refractivity contribution is -0.133. The molecule has 166 valence electrons. The zero-order chi connectivity index (χ0) is 22.7. The highest BCUT2D eigenvalue weighted by atomic mass is 35.5. The van der Waals surface area contributed by atoms with E-state index in [2.05, 4.69) is 50.4 Å². The van der Waals surface area contributed by atoms with Gasteiger partial charge in [0, 0.05) is 17.3 Å². The summed E-state index contributed by atoms with van der Waals surface area (Å²) in [5, 5.41) is 4.21. The zero-order valence-corrected chi connectivity index (χ0v) is 19.8. The number of benzene rings is 3. The normalized spacial score (nSPS) is 17.2. The molecule has 0 spiro atoms. The third-order valence-corrected chi connectivity index (χ3v) is 6.59. The lowest BCUT2D eigenvalue weighted by Gasteiger charge is -2.31. The molecule has 3 aromatic rings. The van der Waals surface area contributed by atoms with Gasteiger partial charge >= 0.3 is 0 Å². The van der Waals surface area contributed by atoms with Crippen LogP contribution < -0.4 is 5.32 Å². The van der Waals surface area contributed by atoms with Crippen LogP contribution in [0.3, 0.4) is 0 Å². The van der Waals surface area contributed by atoms with Gasteiger partial charge in [0.25, 0.3) is 0 Å². The monoisotopic (exact) mass is 446 g/mol. The molecule has 1 fully saturated rings. The summed E-state index contributed by atoms with van der Waals surface area (Å²) >= 11 is 6.51. The Hall–Kier alpha value is -2.78. The quantitative estimate of drug-likeness (QED) is 0.451. The molecule has 1 heterocycles. The third-order valence-electron chi connectivity index (χ3n) is 6.24. The molecule has 1 N–H and O–H groups in total. The Labute approximate surface area is 196 Å². The number of para-hydroxylation sites is 1. The maximum Gasteiger partial charge on any atom is 0.250 e. The summed E-state index contributed by atoms with van der Waals surface area (Å²) in [6, 6.07) is 25.8. The van der Waals surface area contributed by atoms with Crippen LogP contribution in [0.25, 0.3) is 0 Å². The molecule has 4 rings (SSSR count). The van der Waals surface area contributed by atoms with Gasteiger partial charge in [0.1, 0.15) is 6.04 Å². The molecule has 2 atom stereocenters. The molecule has 0 bridgehead atoms. The van der Waals surface area contributed by atoms with Gasteiger partial charge in [-0.1, -0.05) is 93.0 Å². The molecule has 0 aliphatic carbocycles. The van der Waals surface area contributed by atoms with Crippen molar-refractivity contribution in [2.45, 2.75) is 51.1 Å². The second kappa shape index (κ2) is 9.38. The summed E-state index contributed by atoms with van der Waals surface area (Å²) in [7, 11) is 0. The van der Waals surface area contributed by atoms with Crippen LogP contribution >= 0.6 is 11.6 Å². The molecule has 0 aromatic heterocycles. The minimum atomic E-state index is -0.463. The van der Waals surface area contributed by atoms with Gasteiger partial charge in [0.15, 0.2) is 0 Å². The fraction of sp³-hybridized carbons (Fsp3) is 0.321. The number of likely N-dealkylation sites (tertiary alicyclic amines) is 1. The van der Waals surface area contributed by atoms with Crippen LogP contribution in [0, 0.1) is 0 Å². The average Bonchev–Trinajstić information content (AvgIpc) is 3.27. The first-order valence-corrected chi connectivity index (χ1v) is 11.7. The van der Waals surface area contributed by atoms with Gasteiger partial charge in [-0.3, -0.25) is 4.79 Å². The van der Waals surface area contributed by atoms with Gasteiger partial charge in [-0.05, 0) is 53.1 Å². The van der Waals surface area contributed by atoms with E-state index in [0.29, 0.717) is 0 Å². The summed E-state index contributed by atoms with van der Waals surface area (Å²) < 4.78 is 0. The van der Waals surface area contributed by atoms with Crippen molar-refractivity contribution in [3.63, 3.8) is 0 Å². The SMILES string of the molecule is CC(C)(C)c1ccc(C(Nc2ccccc2)C(=O)N2CCCC2c2ccccc2Cl)cc1. The number of amides is 1. The maximum atomic E-state index is 13.9. The number of carbonyl (C=O) groups excluding carboxylic acids is 1. The van der Waals surface area contributed by atoms with Crippen LogP contribution in [-0.4, -0.2) is 17.4 Å². The van der Waals surface area contributed by atoms with Crippen molar-refractivity contribution >= 4 is 23.2 Å². The van der Waals surface area contributed by atoms with Crippen LogP contribution in [0.15, 0.2) is 78.9 Å². The fourth-order valence-electron chi connectivity index (χ4n) is 4.43. The van der Waals surface area contributed by atoms with E-state index in [9.17, 15) is 4.79 Å².